The Morgan fingerprint density at radius 2 is 2.10 bits per heavy atom. The van der Waals surface area contributed by atoms with Crippen LogP contribution in [0.4, 0.5) is 0 Å². The first-order valence-corrected chi connectivity index (χ1v) is 8.23. The smallest absolute Gasteiger partial charge is 0.265 e. The minimum absolute atomic E-state index is 0.176. The molecule has 1 saturated carbocycles. The van der Waals surface area contributed by atoms with E-state index in [-0.39, 0.29) is 5.56 Å². The molecular formula is C15H23BrN2O3. The molecule has 1 fully saturated rings. The summed E-state index contributed by atoms with van der Waals surface area (Å²) in [5.74, 6) is 1.33. The van der Waals surface area contributed by atoms with Crippen molar-refractivity contribution >= 4 is 15.9 Å². The van der Waals surface area contributed by atoms with Crippen LogP contribution in [0.5, 0.6) is 0 Å². The molecular weight excluding hydrogens is 336 g/mol. The Morgan fingerprint density at radius 1 is 1.43 bits per heavy atom. The fraction of sp³-hybridized carbons (Fsp3) is 0.733. The zero-order valence-corrected chi connectivity index (χ0v) is 14.5. The summed E-state index contributed by atoms with van der Waals surface area (Å²) in [6.45, 7) is 5.14. The van der Waals surface area contributed by atoms with Crippen molar-refractivity contribution < 1.29 is 9.47 Å². The summed E-state index contributed by atoms with van der Waals surface area (Å²) < 4.78 is 11.6. The Hall–Kier alpha value is -0.720. The summed E-state index contributed by atoms with van der Waals surface area (Å²) in [4.78, 5) is 19.6. The number of halogens is 1. The highest BCUT2D eigenvalue weighted by Gasteiger charge is 2.39. The topological polar surface area (TPSA) is 64.2 Å². The summed E-state index contributed by atoms with van der Waals surface area (Å²) in [5.41, 5.74) is -0.0254. The van der Waals surface area contributed by atoms with E-state index in [9.17, 15) is 4.79 Å². The van der Waals surface area contributed by atoms with Gasteiger partial charge >= 0.3 is 0 Å². The van der Waals surface area contributed by atoms with Crippen molar-refractivity contribution in [2.75, 3.05) is 13.7 Å². The van der Waals surface area contributed by atoms with Gasteiger partial charge in [0.1, 0.15) is 15.9 Å². The minimum Gasteiger partial charge on any atom is -0.378 e. The highest BCUT2D eigenvalue weighted by Crippen LogP contribution is 2.41. The van der Waals surface area contributed by atoms with Crippen molar-refractivity contribution in [2.45, 2.75) is 51.7 Å². The molecule has 0 aromatic carbocycles. The Balaban J connectivity index is 2.43. The Morgan fingerprint density at radius 3 is 2.67 bits per heavy atom. The van der Waals surface area contributed by atoms with Gasteiger partial charge in [0.15, 0.2) is 0 Å². The summed E-state index contributed by atoms with van der Waals surface area (Å²) in [6.07, 6.45) is 3.94. The average molecular weight is 359 g/mol. The van der Waals surface area contributed by atoms with Crippen molar-refractivity contribution in [3.05, 3.63) is 26.3 Å². The molecule has 21 heavy (non-hydrogen) atoms. The molecule has 0 bridgehead atoms. The lowest BCUT2D eigenvalue weighted by molar-refractivity contribution is -0.0841. The minimum atomic E-state index is -0.469. The molecule has 5 nitrogen and oxygen atoms in total. The van der Waals surface area contributed by atoms with Gasteiger partial charge in [-0.2, -0.15) is 0 Å². The molecule has 1 aromatic heterocycles. The van der Waals surface area contributed by atoms with Crippen LogP contribution in [0.1, 0.15) is 51.0 Å². The fourth-order valence-corrected chi connectivity index (χ4v) is 3.21. The maximum Gasteiger partial charge on any atom is 0.265 e. The third kappa shape index (κ3) is 3.55. The van der Waals surface area contributed by atoms with Gasteiger partial charge in [-0.3, -0.25) is 4.79 Å². The highest BCUT2D eigenvalue weighted by molar-refractivity contribution is 9.10. The molecule has 6 heteroatoms. The van der Waals surface area contributed by atoms with Gasteiger partial charge < -0.3 is 14.5 Å². The number of nitrogens with one attached hydrogen (secondary N) is 1. The van der Waals surface area contributed by atoms with Crippen LogP contribution in [-0.4, -0.2) is 23.7 Å². The largest absolute Gasteiger partial charge is 0.378 e. The molecule has 1 aliphatic carbocycles. The van der Waals surface area contributed by atoms with Gasteiger partial charge in [-0.15, -0.1) is 0 Å². The van der Waals surface area contributed by atoms with Crippen LogP contribution in [0.2, 0.25) is 0 Å². The normalized spacial score (nSPS) is 26.0. The monoisotopic (exact) mass is 358 g/mol. The zero-order chi connectivity index (χ0) is 15.5. The van der Waals surface area contributed by atoms with Gasteiger partial charge in [-0.1, -0.05) is 6.92 Å². The second-order valence-corrected chi connectivity index (χ2v) is 6.51. The lowest BCUT2D eigenvalue weighted by Crippen LogP contribution is -2.38. The third-order valence-corrected chi connectivity index (χ3v) is 4.96. The summed E-state index contributed by atoms with van der Waals surface area (Å²) in [5, 5.41) is 0. The van der Waals surface area contributed by atoms with Gasteiger partial charge in [0.2, 0.25) is 0 Å². The number of aromatic nitrogens is 2. The first-order valence-electron chi connectivity index (χ1n) is 7.44. The van der Waals surface area contributed by atoms with Crippen LogP contribution < -0.4 is 5.56 Å². The van der Waals surface area contributed by atoms with Crippen LogP contribution in [0.15, 0.2) is 9.27 Å². The van der Waals surface area contributed by atoms with E-state index in [1.165, 1.54) is 0 Å². The van der Waals surface area contributed by atoms with Crippen LogP contribution in [-0.2, 0) is 21.7 Å². The number of nitrogens with zero attached hydrogens (tertiary/aromatic N) is 1. The third-order valence-electron chi connectivity index (χ3n) is 4.15. The van der Waals surface area contributed by atoms with E-state index in [1.54, 1.807) is 7.11 Å². The number of methoxy groups -OCH3 is 1. The molecule has 0 spiro atoms. The number of aromatic amines is 1. The van der Waals surface area contributed by atoms with Crippen LogP contribution in [0, 0.1) is 5.92 Å². The van der Waals surface area contributed by atoms with E-state index in [1.807, 2.05) is 6.92 Å². The maximum atomic E-state index is 12.1. The molecule has 0 unspecified atom stereocenters. The molecule has 0 aliphatic heterocycles. The number of H-pyrrole nitrogens is 1. The molecule has 0 saturated heterocycles. The number of hydrogen-bond acceptors (Lipinski definition) is 4. The second-order valence-electron chi connectivity index (χ2n) is 5.72. The predicted octanol–water partition coefficient (Wildman–Crippen LogP) is 3.12. The molecule has 0 radical (unpaired) electrons. The molecule has 0 amide bonds. The Bertz CT molecular complexity index is 536. The molecule has 0 atom stereocenters. The van der Waals surface area contributed by atoms with E-state index in [4.69, 9.17) is 9.47 Å². The van der Waals surface area contributed by atoms with Crippen molar-refractivity contribution in [3.8, 4) is 0 Å². The highest BCUT2D eigenvalue weighted by atomic mass is 79.9. The van der Waals surface area contributed by atoms with Gasteiger partial charge in [0.05, 0.1) is 12.3 Å². The van der Waals surface area contributed by atoms with Gasteiger partial charge in [0, 0.05) is 13.7 Å². The fourth-order valence-electron chi connectivity index (χ4n) is 2.91. The average Bonchev–Trinajstić information content (AvgIpc) is 2.47. The first-order chi connectivity index (χ1) is 10.0. The van der Waals surface area contributed by atoms with Crippen molar-refractivity contribution in [1.82, 2.24) is 9.97 Å². The van der Waals surface area contributed by atoms with E-state index in [0.29, 0.717) is 35.1 Å². The van der Waals surface area contributed by atoms with Crippen molar-refractivity contribution in [1.29, 1.82) is 0 Å². The van der Waals surface area contributed by atoms with Crippen molar-refractivity contribution in [2.24, 2.45) is 5.92 Å². The molecule has 2 rings (SSSR count). The summed E-state index contributed by atoms with van der Waals surface area (Å²) in [7, 11) is 1.59. The predicted molar refractivity (Wildman–Crippen MR) is 84.2 cm³/mol. The van der Waals surface area contributed by atoms with E-state index >= 15 is 0 Å². The van der Waals surface area contributed by atoms with Crippen LogP contribution in [0.25, 0.3) is 0 Å². The number of hydrogen-bond donors (Lipinski definition) is 1. The summed E-state index contributed by atoms with van der Waals surface area (Å²) >= 11 is 3.28. The zero-order valence-electron chi connectivity index (χ0n) is 12.9. The number of ether oxygens (including phenoxy) is 2. The van der Waals surface area contributed by atoms with Gasteiger partial charge in [-0.25, -0.2) is 4.98 Å². The Labute approximate surface area is 133 Å². The van der Waals surface area contributed by atoms with E-state index in [2.05, 4.69) is 32.8 Å². The molecule has 1 aliphatic rings. The van der Waals surface area contributed by atoms with Gasteiger partial charge in [0.25, 0.3) is 5.56 Å². The molecule has 118 valence electrons. The van der Waals surface area contributed by atoms with E-state index < -0.39 is 5.60 Å². The standard InChI is InChI=1S/C15H23BrN2O3/c1-4-21-15(7-5-10(2)6-8-15)14-17-11(9-20-3)12(16)13(19)18-14/h10H,4-9H2,1-3H3,(H,17,18,19). The van der Waals surface area contributed by atoms with Gasteiger partial charge in [-0.05, 0) is 54.5 Å². The SMILES string of the molecule is CCOC1(c2nc(COC)c(Br)c(=O)[nH]2)CCC(C)CC1. The lowest BCUT2D eigenvalue weighted by atomic mass is 9.79. The molecule has 1 aromatic rings. The quantitative estimate of drug-likeness (QED) is 0.877. The maximum absolute atomic E-state index is 12.1. The van der Waals surface area contributed by atoms with Crippen LogP contribution >= 0.6 is 15.9 Å². The molecule has 1 heterocycles. The van der Waals surface area contributed by atoms with E-state index in [0.717, 1.165) is 25.7 Å². The Kier molecular flexibility index (Phi) is 5.57. The summed E-state index contributed by atoms with van der Waals surface area (Å²) in [6, 6.07) is 0. The number of rotatable bonds is 5. The second kappa shape index (κ2) is 7.03. The lowest BCUT2D eigenvalue weighted by Gasteiger charge is -2.38. The molecule has 1 N–H and O–H groups in total. The van der Waals surface area contributed by atoms with Crippen molar-refractivity contribution in [3.63, 3.8) is 0 Å². The first kappa shape index (κ1) is 16.6. The van der Waals surface area contributed by atoms with Crippen LogP contribution in [0.3, 0.4) is 0 Å².